The summed E-state index contributed by atoms with van der Waals surface area (Å²) in [6, 6.07) is 6.98. The van der Waals surface area contributed by atoms with E-state index in [-0.39, 0.29) is 24.1 Å². The van der Waals surface area contributed by atoms with Crippen LogP contribution in [0.3, 0.4) is 0 Å². The third-order valence-corrected chi connectivity index (χ3v) is 4.76. The Hall–Kier alpha value is -1.11. The Morgan fingerprint density at radius 1 is 1.22 bits per heavy atom. The van der Waals surface area contributed by atoms with Crippen LogP contribution in [-0.2, 0) is 20.4 Å². The first kappa shape index (κ1) is 19.9. The molecule has 5 nitrogen and oxygen atoms in total. The summed E-state index contributed by atoms with van der Waals surface area (Å²) < 4.78 is 22.4. The fourth-order valence-electron chi connectivity index (χ4n) is 2.72. The average molecular weight is 361 g/mol. The predicted molar refractivity (Wildman–Crippen MR) is 95.7 cm³/mol. The van der Waals surface area contributed by atoms with Gasteiger partial charge < -0.3 is 10.6 Å². The number of anilines is 1. The second-order valence-electron chi connectivity index (χ2n) is 6.05. The van der Waals surface area contributed by atoms with Crippen LogP contribution in [0.5, 0.6) is 0 Å². The van der Waals surface area contributed by atoms with E-state index in [1.807, 2.05) is 0 Å². The van der Waals surface area contributed by atoms with Crippen molar-refractivity contribution in [2.45, 2.75) is 31.4 Å². The van der Waals surface area contributed by atoms with Crippen LogP contribution in [-0.4, -0.2) is 33.7 Å². The molecular weight excluding hydrogens is 336 g/mol. The lowest BCUT2D eigenvalue weighted by molar-refractivity contribution is -0.116. The summed E-state index contributed by atoms with van der Waals surface area (Å²) in [5.74, 6) is 0.690. The molecule has 2 rings (SSSR count). The van der Waals surface area contributed by atoms with E-state index in [1.54, 1.807) is 24.3 Å². The summed E-state index contributed by atoms with van der Waals surface area (Å²) in [4.78, 5) is 11.9. The highest BCUT2D eigenvalue weighted by Crippen LogP contribution is 2.18. The number of benzene rings is 1. The number of sulfone groups is 1. The Morgan fingerprint density at radius 3 is 2.39 bits per heavy atom. The number of halogens is 1. The fraction of sp³-hybridized carbons (Fsp3) is 0.562. The van der Waals surface area contributed by atoms with E-state index in [2.05, 4.69) is 10.6 Å². The molecule has 1 aliphatic heterocycles. The molecule has 0 unspecified atom stereocenters. The molecule has 0 aliphatic carbocycles. The molecule has 130 valence electrons. The van der Waals surface area contributed by atoms with Crippen molar-refractivity contribution in [1.82, 2.24) is 5.32 Å². The third kappa shape index (κ3) is 7.81. The maximum Gasteiger partial charge on any atom is 0.224 e. The van der Waals surface area contributed by atoms with Crippen molar-refractivity contribution in [2.75, 3.05) is 24.7 Å². The largest absolute Gasteiger partial charge is 0.326 e. The lowest BCUT2D eigenvalue weighted by Crippen LogP contribution is -2.28. The molecular formula is C16H25ClN2O3S. The smallest absolute Gasteiger partial charge is 0.224 e. The van der Waals surface area contributed by atoms with E-state index in [9.17, 15) is 13.2 Å². The minimum absolute atomic E-state index is 0. The van der Waals surface area contributed by atoms with Crippen molar-refractivity contribution in [2.24, 2.45) is 5.92 Å². The van der Waals surface area contributed by atoms with Crippen molar-refractivity contribution >= 4 is 33.8 Å². The van der Waals surface area contributed by atoms with E-state index in [0.717, 1.165) is 37.9 Å². The third-order valence-electron chi connectivity index (χ3n) is 3.90. The molecule has 1 aromatic carbocycles. The molecule has 0 bridgehead atoms. The van der Waals surface area contributed by atoms with Gasteiger partial charge in [0.05, 0.1) is 5.75 Å². The van der Waals surface area contributed by atoms with Crippen LogP contribution in [0.1, 0.15) is 31.2 Å². The first-order valence-electron chi connectivity index (χ1n) is 7.69. The van der Waals surface area contributed by atoms with Gasteiger partial charge in [-0.15, -0.1) is 12.4 Å². The lowest BCUT2D eigenvalue weighted by atomic mass is 9.93. The van der Waals surface area contributed by atoms with Crippen LogP contribution < -0.4 is 10.6 Å². The summed E-state index contributed by atoms with van der Waals surface area (Å²) in [6.07, 6.45) is 4.97. The van der Waals surface area contributed by atoms with Gasteiger partial charge in [-0.25, -0.2) is 8.42 Å². The molecule has 0 spiro atoms. The van der Waals surface area contributed by atoms with Crippen LogP contribution in [0.25, 0.3) is 0 Å². The molecule has 0 saturated carbocycles. The summed E-state index contributed by atoms with van der Waals surface area (Å²) in [5, 5.41) is 6.19. The number of carbonyl (C=O) groups is 1. The highest BCUT2D eigenvalue weighted by molar-refractivity contribution is 7.89. The van der Waals surface area contributed by atoms with Crippen LogP contribution in [0.4, 0.5) is 5.69 Å². The number of hydrogen-bond donors (Lipinski definition) is 2. The Morgan fingerprint density at radius 2 is 1.83 bits per heavy atom. The fourth-order valence-corrected chi connectivity index (χ4v) is 3.51. The number of nitrogens with one attached hydrogen (secondary N) is 2. The number of amides is 1. The summed E-state index contributed by atoms with van der Waals surface area (Å²) >= 11 is 0. The molecule has 1 aromatic rings. The quantitative estimate of drug-likeness (QED) is 0.816. The van der Waals surface area contributed by atoms with Gasteiger partial charge in [0.1, 0.15) is 0 Å². The van der Waals surface area contributed by atoms with Gasteiger partial charge in [0.15, 0.2) is 9.84 Å². The van der Waals surface area contributed by atoms with Crippen molar-refractivity contribution in [3.05, 3.63) is 29.8 Å². The number of carbonyl (C=O) groups excluding carboxylic acids is 1. The van der Waals surface area contributed by atoms with Crippen LogP contribution >= 0.6 is 12.4 Å². The monoisotopic (exact) mass is 360 g/mol. The summed E-state index contributed by atoms with van der Waals surface area (Å²) in [6.45, 7) is 2.10. The second kappa shape index (κ2) is 9.25. The van der Waals surface area contributed by atoms with Gasteiger partial charge in [-0.2, -0.15) is 0 Å². The van der Waals surface area contributed by atoms with Crippen LogP contribution in [0.15, 0.2) is 24.3 Å². The van der Waals surface area contributed by atoms with Gasteiger partial charge in [-0.3, -0.25) is 4.79 Å². The van der Waals surface area contributed by atoms with Gasteiger partial charge in [0, 0.05) is 18.4 Å². The molecule has 0 atom stereocenters. The zero-order valence-corrected chi connectivity index (χ0v) is 15.0. The topological polar surface area (TPSA) is 75.3 Å². The van der Waals surface area contributed by atoms with Crippen molar-refractivity contribution in [3.8, 4) is 0 Å². The van der Waals surface area contributed by atoms with Crippen molar-refractivity contribution in [3.63, 3.8) is 0 Å². The normalized spacial score (nSPS) is 15.7. The molecule has 1 saturated heterocycles. The molecule has 1 amide bonds. The lowest BCUT2D eigenvalue weighted by Gasteiger charge is -2.22. The van der Waals surface area contributed by atoms with E-state index in [0.29, 0.717) is 18.0 Å². The first-order chi connectivity index (χ1) is 10.4. The maximum absolute atomic E-state index is 11.9. The highest BCUT2D eigenvalue weighted by Gasteiger charge is 2.14. The van der Waals surface area contributed by atoms with Gasteiger partial charge in [0.25, 0.3) is 0 Å². The van der Waals surface area contributed by atoms with Gasteiger partial charge in [0.2, 0.25) is 5.91 Å². The van der Waals surface area contributed by atoms with E-state index in [4.69, 9.17) is 0 Å². The number of piperidine rings is 1. The standard InChI is InChI=1S/C16H24N2O3S.ClH/c1-22(20,21)12-14-2-5-15(6-3-14)18-16(19)7-4-13-8-10-17-11-9-13;/h2-3,5-6,13,17H,4,7-12H2,1H3,(H,18,19);1H. The second-order valence-corrected chi connectivity index (χ2v) is 8.19. The zero-order valence-electron chi connectivity index (χ0n) is 13.4. The minimum atomic E-state index is -3.03. The van der Waals surface area contributed by atoms with Crippen LogP contribution in [0.2, 0.25) is 0 Å². The van der Waals surface area contributed by atoms with Gasteiger partial charge >= 0.3 is 0 Å². The van der Waals surface area contributed by atoms with Gasteiger partial charge in [-0.05, 0) is 56.0 Å². The highest BCUT2D eigenvalue weighted by atomic mass is 35.5. The minimum Gasteiger partial charge on any atom is -0.326 e. The molecule has 0 radical (unpaired) electrons. The number of hydrogen-bond acceptors (Lipinski definition) is 4. The van der Waals surface area contributed by atoms with Crippen LogP contribution in [0, 0.1) is 5.92 Å². The van der Waals surface area contributed by atoms with Gasteiger partial charge in [-0.1, -0.05) is 12.1 Å². The molecule has 0 aromatic heterocycles. The molecule has 2 N–H and O–H groups in total. The maximum atomic E-state index is 11.9. The summed E-state index contributed by atoms with van der Waals surface area (Å²) in [5.41, 5.74) is 1.45. The van der Waals surface area contributed by atoms with Crippen molar-refractivity contribution < 1.29 is 13.2 Å². The molecule has 7 heteroatoms. The Labute approximate surface area is 144 Å². The Balaban J connectivity index is 0.00000264. The molecule has 23 heavy (non-hydrogen) atoms. The molecule has 1 heterocycles. The first-order valence-corrected chi connectivity index (χ1v) is 9.76. The SMILES string of the molecule is CS(=O)(=O)Cc1ccc(NC(=O)CCC2CCNCC2)cc1.Cl. The van der Waals surface area contributed by atoms with E-state index in [1.165, 1.54) is 6.26 Å². The zero-order chi connectivity index (χ0) is 16.0. The predicted octanol–water partition coefficient (Wildman–Crippen LogP) is 2.37. The Kier molecular flexibility index (Phi) is 8.02. The molecule has 1 fully saturated rings. The van der Waals surface area contributed by atoms with Crippen molar-refractivity contribution in [1.29, 1.82) is 0 Å². The Bertz CT molecular complexity index is 596. The average Bonchev–Trinajstić information content (AvgIpc) is 2.47. The van der Waals surface area contributed by atoms with E-state index >= 15 is 0 Å². The molecule has 1 aliphatic rings. The van der Waals surface area contributed by atoms with E-state index < -0.39 is 9.84 Å². The number of rotatable bonds is 6. The summed E-state index contributed by atoms with van der Waals surface area (Å²) in [7, 11) is -3.03.